The van der Waals surface area contributed by atoms with Gasteiger partial charge in [0.1, 0.15) is 17.7 Å². The molecule has 1 saturated heterocycles. The van der Waals surface area contributed by atoms with E-state index in [2.05, 4.69) is 76.1 Å². The van der Waals surface area contributed by atoms with Crippen molar-refractivity contribution in [2.45, 2.75) is 98.6 Å². The van der Waals surface area contributed by atoms with E-state index in [1.807, 2.05) is 56.5 Å². The molecular formula is C43H56N4O5. The van der Waals surface area contributed by atoms with Crippen LogP contribution in [0.1, 0.15) is 84.2 Å². The van der Waals surface area contributed by atoms with Crippen molar-refractivity contribution < 1.29 is 23.7 Å². The molecule has 52 heavy (non-hydrogen) atoms. The number of hydrogen-bond donors (Lipinski definition) is 0. The maximum absolute atomic E-state index is 13.7. The molecule has 1 aliphatic rings. The van der Waals surface area contributed by atoms with E-state index in [1.54, 1.807) is 13.0 Å². The van der Waals surface area contributed by atoms with Crippen molar-refractivity contribution in [2.24, 2.45) is 5.92 Å². The second-order valence-electron chi connectivity index (χ2n) is 15.1. The summed E-state index contributed by atoms with van der Waals surface area (Å²) in [6, 6.07) is 16.6. The zero-order valence-electron chi connectivity index (χ0n) is 32.5. The summed E-state index contributed by atoms with van der Waals surface area (Å²) < 4.78 is 26.6. The molecule has 0 spiro atoms. The first-order valence-electron chi connectivity index (χ1n) is 18.4. The molecular weight excluding hydrogens is 652 g/mol. The first-order chi connectivity index (χ1) is 24.7. The van der Waals surface area contributed by atoms with Crippen molar-refractivity contribution in [1.29, 1.82) is 0 Å². The van der Waals surface area contributed by atoms with E-state index >= 15 is 0 Å². The minimum absolute atomic E-state index is 0.0376. The van der Waals surface area contributed by atoms with Gasteiger partial charge in [-0.25, -0.2) is 9.78 Å². The van der Waals surface area contributed by atoms with Gasteiger partial charge < -0.3 is 23.8 Å². The zero-order valence-corrected chi connectivity index (χ0v) is 32.5. The molecule has 3 heterocycles. The monoisotopic (exact) mass is 708 g/mol. The Bertz CT molecular complexity index is 1900. The zero-order chi connectivity index (χ0) is 37.8. The third-order valence-corrected chi connectivity index (χ3v) is 9.74. The number of carbonyl (C=O) groups excluding carboxylic acids is 1. The Balaban J connectivity index is 1.64. The Morgan fingerprint density at radius 3 is 2.40 bits per heavy atom. The highest BCUT2D eigenvalue weighted by molar-refractivity contribution is 5.81. The average Bonchev–Trinajstić information content (AvgIpc) is 3.53. The van der Waals surface area contributed by atoms with Crippen molar-refractivity contribution >= 4 is 17.4 Å². The van der Waals surface area contributed by atoms with Crippen LogP contribution in [0.3, 0.4) is 0 Å². The fraction of sp³-hybridized carbons (Fsp3) is 0.465. The second kappa shape index (κ2) is 16.0. The van der Waals surface area contributed by atoms with Crippen molar-refractivity contribution in [3.8, 4) is 28.1 Å². The Labute approximate surface area is 309 Å². The smallest absolute Gasteiger partial charge is 0.340 e. The average molecular weight is 709 g/mol. The van der Waals surface area contributed by atoms with Crippen LogP contribution in [0.25, 0.3) is 28.0 Å². The normalized spacial score (nSPS) is 16.3. The molecule has 0 N–H and O–H groups in total. The van der Waals surface area contributed by atoms with Gasteiger partial charge in [0.25, 0.3) is 0 Å². The van der Waals surface area contributed by atoms with Crippen molar-refractivity contribution in [3.63, 3.8) is 0 Å². The molecule has 5 rings (SSSR count). The molecule has 0 bridgehead atoms. The van der Waals surface area contributed by atoms with Crippen LogP contribution in [0.4, 0.5) is 5.82 Å². The molecule has 4 aromatic rings. The summed E-state index contributed by atoms with van der Waals surface area (Å²) in [5.41, 5.74) is 5.97. The number of anilines is 1. The molecule has 2 aromatic carbocycles. The van der Waals surface area contributed by atoms with Crippen molar-refractivity contribution in [3.05, 3.63) is 90.7 Å². The molecule has 3 atom stereocenters. The highest BCUT2D eigenvalue weighted by Crippen LogP contribution is 2.40. The van der Waals surface area contributed by atoms with Gasteiger partial charge in [0.05, 0.1) is 35.7 Å². The number of piperidine rings is 1. The fourth-order valence-electron chi connectivity index (χ4n) is 6.58. The predicted molar refractivity (Wildman–Crippen MR) is 209 cm³/mol. The van der Waals surface area contributed by atoms with Crippen LogP contribution in [-0.2, 0) is 19.0 Å². The lowest BCUT2D eigenvalue weighted by Gasteiger charge is -2.41. The van der Waals surface area contributed by atoms with Crippen LogP contribution in [0, 0.1) is 19.8 Å². The van der Waals surface area contributed by atoms with Gasteiger partial charge in [0.15, 0.2) is 11.8 Å². The van der Waals surface area contributed by atoms with Crippen LogP contribution in [0.5, 0.6) is 5.75 Å². The third kappa shape index (κ3) is 8.76. The van der Waals surface area contributed by atoms with Crippen LogP contribution in [0.15, 0.2) is 73.8 Å². The van der Waals surface area contributed by atoms with E-state index in [0.717, 1.165) is 52.4 Å². The summed E-state index contributed by atoms with van der Waals surface area (Å²) in [4.78, 5) is 21.0. The van der Waals surface area contributed by atoms with Gasteiger partial charge in [0.2, 0.25) is 0 Å². The van der Waals surface area contributed by atoms with Gasteiger partial charge >= 0.3 is 5.97 Å². The largest absolute Gasteiger partial charge is 0.489 e. The molecule has 9 heteroatoms. The number of rotatable bonds is 14. The van der Waals surface area contributed by atoms with E-state index in [4.69, 9.17) is 29.0 Å². The van der Waals surface area contributed by atoms with Crippen LogP contribution in [0.2, 0.25) is 0 Å². The number of aromatic nitrogens is 3. The van der Waals surface area contributed by atoms with E-state index in [9.17, 15) is 4.79 Å². The summed E-state index contributed by atoms with van der Waals surface area (Å²) in [6.07, 6.45) is 4.24. The number of esters is 1. The number of benzene rings is 2. The lowest BCUT2D eigenvalue weighted by Crippen LogP contribution is -2.45. The molecule has 0 aliphatic carbocycles. The summed E-state index contributed by atoms with van der Waals surface area (Å²) in [6.45, 7) is 27.8. The molecule has 0 saturated carbocycles. The van der Waals surface area contributed by atoms with E-state index < -0.39 is 17.7 Å². The van der Waals surface area contributed by atoms with Gasteiger partial charge in [-0.2, -0.15) is 9.61 Å². The SMILES string of the molecule is C=CCOC1(C)CCN(c2c([C@H](OC(C)(C)C)C(=O)OCC)c(C)nc3cc(-c4cccc(-c5cc(C)ccc5OC(C)C(C)C=C)c4)nn23)CC1. The Kier molecular flexibility index (Phi) is 12.0. The first-order valence-corrected chi connectivity index (χ1v) is 18.4. The number of carbonyl (C=O) groups is 1. The fourth-order valence-corrected chi connectivity index (χ4v) is 6.58. The van der Waals surface area contributed by atoms with Gasteiger partial charge in [-0.15, -0.1) is 13.2 Å². The quantitative estimate of drug-likeness (QED) is 0.0947. The lowest BCUT2D eigenvalue weighted by atomic mass is 9.92. The van der Waals surface area contributed by atoms with Gasteiger partial charge in [-0.1, -0.05) is 48.9 Å². The molecule has 9 nitrogen and oxygen atoms in total. The van der Waals surface area contributed by atoms with Gasteiger partial charge in [0, 0.05) is 41.9 Å². The molecule has 0 amide bonds. The second-order valence-corrected chi connectivity index (χ2v) is 15.1. The number of ether oxygens (including phenoxy) is 4. The molecule has 278 valence electrons. The maximum atomic E-state index is 13.7. The maximum Gasteiger partial charge on any atom is 0.340 e. The van der Waals surface area contributed by atoms with Crippen LogP contribution >= 0.6 is 0 Å². The minimum atomic E-state index is -1.00. The number of nitrogens with zero attached hydrogens (tertiary/aromatic N) is 4. The minimum Gasteiger partial charge on any atom is -0.489 e. The van der Waals surface area contributed by atoms with Crippen LogP contribution < -0.4 is 9.64 Å². The summed E-state index contributed by atoms with van der Waals surface area (Å²) >= 11 is 0. The number of hydrogen-bond acceptors (Lipinski definition) is 8. The summed E-state index contributed by atoms with van der Waals surface area (Å²) in [5.74, 6) is 1.34. The first kappa shape index (κ1) is 38.8. The van der Waals surface area contributed by atoms with Crippen molar-refractivity contribution in [2.75, 3.05) is 31.2 Å². The van der Waals surface area contributed by atoms with Gasteiger partial charge in [-0.05, 0) is 92.0 Å². The summed E-state index contributed by atoms with van der Waals surface area (Å²) in [5, 5.41) is 5.21. The van der Waals surface area contributed by atoms with E-state index in [-0.39, 0.29) is 24.2 Å². The number of aryl methyl sites for hydroxylation is 2. The van der Waals surface area contributed by atoms with E-state index in [0.29, 0.717) is 36.6 Å². The molecule has 2 unspecified atom stereocenters. The molecule has 0 radical (unpaired) electrons. The predicted octanol–water partition coefficient (Wildman–Crippen LogP) is 9.25. The molecule has 1 fully saturated rings. The lowest BCUT2D eigenvalue weighted by molar-refractivity contribution is -0.166. The van der Waals surface area contributed by atoms with Crippen LogP contribution in [-0.4, -0.2) is 64.2 Å². The van der Waals surface area contributed by atoms with Gasteiger partial charge in [-0.3, -0.25) is 0 Å². The summed E-state index contributed by atoms with van der Waals surface area (Å²) in [7, 11) is 0. The standard InChI is InChI=1S/C43H56N4O5/c1-12-24-50-43(11)20-22-46(23-21-43)40-38(39(41(48)49-14-3)52-42(8,9)10)30(6)44-37-27-35(45-47(37)40)33-17-15-16-32(26-33)34-25-28(4)18-19-36(34)51-31(7)29(5)13-2/h12-13,15-19,25-27,29,31,39H,1-2,14,20-24H2,3-11H3/t29?,31?,39-/m0/s1. The third-order valence-electron chi connectivity index (χ3n) is 9.74. The van der Waals surface area contributed by atoms with Crippen molar-refractivity contribution in [1.82, 2.24) is 14.6 Å². The molecule has 2 aromatic heterocycles. The highest BCUT2D eigenvalue weighted by atomic mass is 16.6. The van der Waals surface area contributed by atoms with E-state index in [1.165, 1.54) is 0 Å². The Morgan fingerprint density at radius 2 is 1.75 bits per heavy atom. The Morgan fingerprint density at radius 1 is 1.04 bits per heavy atom. The highest BCUT2D eigenvalue weighted by Gasteiger charge is 2.38. The number of fused-ring (bicyclic) bond motifs is 1. The Hall–Kier alpha value is -4.47. The molecule has 1 aliphatic heterocycles. The topological polar surface area (TPSA) is 87.4 Å².